The fourth-order valence-electron chi connectivity index (χ4n) is 2.49. The number of nitrogens with zero attached hydrogens (tertiary/aromatic N) is 2. The van der Waals surface area contributed by atoms with Crippen molar-refractivity contribution in [2.24, 2.45) is 0 Å². The number of rotatable bonds is 4. The molecule has 0 N–H and O–H groups in total. The average molecular weight is 342 g/mol. The lowest BCUT2D eigenvalue weighted by Crippen LogP contribution is -2.29. The van der Waals surface area contributed by atoms with E-state index in [2.05, 4.69) is 5.16 Å². The number of carbonyl (C=O) groups is 1. The van der Waals surface area contributed by atoms with Gasteiger partial charge in [0.2, 0.25) is 0 Å². The van der Waals surface area contributed by atoms with Crippen molar-refractivity contribution in [3.05, 3.63) is 77.5 Å². The van der Waals surface area contributed by atoms with Crippen molar-refractivity contribution in [2.45, 2.75) is 13.0 Å². The molecule has 3 rings (SSSR count). The number of carbonyl (C=O) groups excluding carboxylic acids is 1. The predicted octanol–water partition coefficient (Wildman–Crippen LogP) is 4.45. The highest BCUT2D eigenvalue weighted by molar-refractivity contribution is 5.93. The third-order valence-electron chi connectivity index (χ3n) is 4.12. The van der Waals surface area contributed by atoms with Crippen molar-refractivity contribution in [3.8, 4) is 11.3 Å². The average Bonchev–Trinajstić information content (AvgIpc) is 3.10. The number of hydrogen-bond donors (Lipinski definition) is 0. The van der Waals surface area contributed by atoms with Gasteiger partial charge in [-0.25, -0.2) is 8.78 Å². The lowest BCUT2D eigenvalue weighted by Gasteiger charge is -2.24. The van der Waals surface area contributed by atoms with Gasteiger partial charge < -0.3 is 9.42 Å². The highest BCUT2D eigenvalue weighted by atomic mass is 19.1. The zero-order valence-corrected chi connectivity index (χ0v) is 13.7. The van der Waals surface area contributed by atoms with Crippen LogP contribution in [-0.4, -0.2) is 23.0 Å². The zero-order chi connectivity index (χ0) is 18.0. The van der Waals surface area contributed by atoms with Crippen LogP contribution in [0.1, 0.15) is 29.0 Å². The highest BCUT2D eigenvalue weighted by Crippen LogP contribution is 2.25. The Kier molecular flexibility index (Phi) is 4.61. The van der Waals surface area contributed by atoms with Gasteiger partial charge in [-0.3, -0.25) is 4.79 Å². The first kappa shape index (κ1) is 16.8. The van der Waals surface area contributed by atoms with E-state index >= 15 is 0 Å². The van der Waals surface area contributed by atoms with Gasteiger partial charge in [0.25, 0.3) is 5.91 Å². The van der Waals surface area contributed by atoms with Crippen molar-refractivity contribution in [2.75, 3.05) is 7.05 Å². The van der Waals surface area contributed by atoms with Crippen LogP contribution in [0.2, 0.25) is 0 Å². The van der Waals surface area contributed by atoms with Crippen molar-refractivity contribution in [1.29, 1.82) is 0 Å². The third-order valence-corrected chi connectivity index (χ3v) is 4.12. The summed E-state index contributed by atoms with van der Waals surface area (Å²) < 4.78 is 32.0. The van der Waals surface area contributed by atoms with Crippen LogP contribution in [-0.2, 0) is 0 Å². The molecule has 1 aromatic heterocycles. The van der Waals surface area contributed by atoms with E-state index in [-0.39, 0.29) is 34.8 Å². The Bertz CT molecular complexity index is 890. The molecule has 1 amide bonds. The number of halogens is 2. The molecule has 0 unspecified atom stereocenters. The minimum Gasteiger partial charge on any atom is -0.355 e. The smallest absolute Gasteiger partial charge is 0.276 e. The molecular weight excluding hydrogens is 326 g/mol. The summed E-state index contributed by atoms with van der Waals surface area (Å²) in [6.07, 6.45) is 0. The lowest BCUT2D eigenvalue weighted by molar-refractivity contribution is 0.0732. The Labute approximate surface area is 143 Å². The number of hydrogen-bond acceptors (Lipinski definition) is 3. The first-order valence-corrected chi connectivity index (χ1v) is 7.71. The fourth-order valence-corrected chi connectivity index (χ4v) is 2.49. The molecule has 3 aromatic rings. The molecule has 4 nitrogen and oxygen atoms in total. The van der Waals surface area contributed by atoms with Gasteiger partial charge in [0, 0.05) is 13.1 Å². The molecule has 1 heterocycles. The quantitative estimate of drug-likeness (QED) is 0.703. The number of benzene rings is 2. The summed E-state index contributed by atoms with van der Waals surface area (Å²) in [6, 6.07) is 13.2. The summed E-state index contributed by atoms with van der Waals surface area (Å²) in [5.41, 5.74) is 1.10. The van der Waals surface area contributed by atoms with E-state index in [1.807, 2.05) is 6.92 Å². The Morgan fingerprint density at radius 2 is 1.80 bits per heavy atom. The third kappa shape index (κ3) is 3.42. The van der Waals surface area contributed by atoms with Crippen LogP contribution in [0.3, 0.4) is 0 Å². The van der Waals surface area contributed by atoms with Crippen LogP contribution >= 0.6 is 0 Å². The molecule has 128 valence electrons. The fraction of sp³-hybridized carbons (Fsp3) is 0.158. The first-order valence-electron chi connectivity index (χ1n) is 7.71. The van der Waals surface area contributed by atoms with E-state index < -0.39 is 5.82 Å². The molecular formula is C19H16F2N2O2. The van der Waals surface area contributed by atoms with Crippen molar-refractivity contribution >= 4 is 5.91 Å². The lowest BCUT2D eigenvalue weighted by atomic mass is 10.1. The van der Waals surface area contributed by atoms with Gasteiger partial charge in [-0.05, 0) is 36.8 Å². The Morgan fingerprint density at radius 1 is 1.12 bits per heavy atom. The van der Waals surface area contributed by atoms with E-state index in [0.717, 1.165) is 5.56 Å². The standard InChI is InChI=1S/C19H16F2N2O2/c1-12(13-7-9-14(20)10-8-13)23(2)19(24)17-11-18(25-22-17)15-5-3-4-6-16(15)21/h3-12H,1-2H3/t12-/m1/s1. The minimum atomic E-state index is -0.453. The maximum Gasteiger partial charge on any atom is 0.276 e. The zero-order valence-electron chi connectivity index (χ0n) is 13.7. The Hall–Kier alpha value is -3.02. The second-order valence-electron chi connectivity index (χ2n) is 5.70. The van der Waals surface area contributed by atoms with Crippen molar-refractivity contribution in [3.63, 3.8) is 0 Å². The van der Waals surface area contributed by atoms with Crippen LogP contribution in [0.5, 0.6) is 0 Å². The molecule has 0 aliphatic carbocycles. The van der Waals surface area contributed by atoms with Crippen molar-refractivity contribution in [1.82, 2.24) is 10.1 Å². The molecule has 0 radical (unpaired) electrons. The molecule has 6 heteroatoms. The largest absolute Gasteiger partial charge is 0.355 e. The summed E-state index contributed by atoms with van der Waals surface area (Å²) in [4.78, 5) is 14.1. The SMILES string of the molecule is C[C@H](c1ccc(F)cc1)N(C)C(=O)c1cc(-c2ccccc2F)on1. The van der Waals surface area contributed by atoms with Crippen LogP contribution in [0.4, 0.5) is 8.78 Å². The number of aromatic nitrogens is 1. The highest BCUT2D eigenvalue weighted by Gasteiger charge is 2.23. The Morgan fingerprint density at radius 3 is 2.48 bits per heavy atom. The normalized spacial score (nSPS) is 12.0. The van der Waals surface area contributed by atoms with E-state index in [1.165, 1.54) is 29.2 Å². The molecule has 0 spiro atoms. The molecule has 0 saturated carbocycles. The van der Waals surface area contributed by atoms with Crippen molar-refractivity contribution < 1.29 is 18.1 Å². The second kappa shape index (κ2) is 6.84. The summed E-state index contributed by atoms with van der Waals surface area (Å²) >= 11 is 0. The summed E-state index contributed by atoms with van der Waals surface area (Å²) in [5, 5.41) is 3.75. The molecule has 0 fully saturated rings. The van der Waals surface area contributed by atoms with Gasteiger partial charge in [-0.1, -0.05) is 29.4 Å². The van der Waals surface area contributed by atoms with E-state index in [9.17, 15) is 13.6 Å². The van der Waals surface area contributed by atoms with Gasteiger partial charge in [0.1, 0.15) is 11.6 Å². The van der Waals surface area contributed by atoms with Gasteiger partial charge in [-0.15, -0.1) is 0 Å². The minimum absolute atomic E-state index is 0.0784. The topological polar surface area (TPSA) is 46.3 Å². The van der Waals surface area contributed by atoms with Crippen LogP contribution in [0.25, 0.3) is 11.3 Å². The molecule has 1 atom stereocenters. The van der Waals surface area contributed by atoms with Gasteiger partial charge >= 0.3 is 0 Å². The summed E-state index contributed by atoms with van der Waals surface area (Å²) in [6.45, 7) is 1.82. The summed E-state index contributed by atoms with van der Waals surface area (Å²) in [5.74, 6) is -0.978. The van der Waals surface area contributed by atoms with E-state index in [1.54, 1.807) is 37.4 Å². The van der Waals surface area contributed by atoms with Crippen LogP contribution < -0.4 is 0 Å². The van der Waals surface area contributed by atoms with Gasteiger partial charge in [0.15, 0.2) is 11.5 Å². The molecule has 2 aromatic carbocycles. The van der Waals surface area contributed by atoms with Gasteiger partial charge in [-0.2, -0.15) is 0 Å². The first-order chi connectivity index (χ1) is 12.0. The molecule has 0 bridgehead atoms. The summed E-state index contributed by atoms with van der Waals surface area (Å²) in [7, 11) is 1.62. The van der Waals surface area contributed by atoms with Crippen LogP contribution in [0, 0.1) is 11.6 Å². The monoisotopic (exact) mass is 342 g/mol. The molecule has 25 heavy (non-hydrogen) atoms. The number of amides is 1. The predicted molar refractivity (Wildman–Crippen MR) is 88.8 cm³/mol. The second-order valence-corrected chi connectivity index (χ2v) is 5.70. The van der Waals surface area contributed by atoms with Gasteiger partial charge in [0.05, 0.1) is 11.6 Å². The molecule has 0 aliphatic rings. The van der Waals surface area contributed by atoms with Crippen LogP contribution in [0.15, 0.2) is 59.1 Å². The maximum absolute atomic E-state index is 13.8. The maximum atomic E-state index is 13.8. The molecule has 0 saturated heterocycles. The van der Waals surface area contributed by atoms with E-state index in [4.69, 9.17) is 4.52 Å². The van der Waals surface area contributed by atoms with E-state index in [0.29, 0.717) is 0 Å². The Balaban J connectivity index is 1.81. The molecule has 0 aliphatic heterocycles.